The first kappa shape index (κ1) is 11.1. The molecule has 1 aliphatic heterocycles. The fraction of sp³-hybridized carbons (Fsp3) is 0.167. The molecule has 0 atom stereocenters. The molecule has 0 saturated heterocycles. The second kappa shape index (κ2) is 4.03. The van der Waals surface area contributed by atoms with Crippen molar-refractivity contribution in [2.45, 2.75) is 6.42 Å². The molecule has 1 aromatic carbocycles. The number of carbonyl (C=O) groups is 1. The van der Waals surface area contributed by atoms with Crippen LogP contribution in [0.5, 0.6) is 0 Å². The van der Waals surface area contributed by atoms with E-state index in [0.29, 0.717) is 17.3 Å². The van der Waals surface area contributed by atoms with E-state index >= 15 is 0 Å². The molecule has 1 amide bonds. The minimum Gasteiger partial charge on any atom is -0.315 e. The first-order valence-corrected chi connectivity index (χ1v) is 5.77. The summed E-state index contributed by atoms with van der Waals surface area (Å²) in [7, 11) is 1.77. The molecule has 0 fully saturated rings. The van der Waals surface area contributed by atoms with Gasteiger partial charge in [-0.1, -0.05) is 17.7 Å². The monoisotopic (exact) mass is 260 g/mol. The van der Waals surface area contributed by atoms with Crippen LogP contribution >= 0.6 is 11.6 Å². The molecule has 2 aromatic rings. The third kappa shape index (κ3) is 1.64. The highest BCUT2D eigenvalue weighted by atomic mass is 35.5. The molecule has 0 aliphatic carbocycles. The lowest BCUT2D eigenvalue weighted by Crippen LogP contribution is -2.20. The second-order valence-electron chi connectivity index (χ2n) is 4.07. The number of likely N-dealkylation sites (N-methyl/N-ethyl adjacent to an activating group) is 1. The molecule has 6 heteroatoms. The number of benzene rings is 1. The van der Waals surface area contributed by atoms with Gasteiger partial charge in [0, 0.05) is 18.3 Å². The Labute approximate surface area is 108 Å². The van der Waals surface area contributed by atoms with E-state index in [-0.39, 0.29) is 5.91 Å². The van der Waals surface area contributed by atoms with Crippen LogP contribution in [0.15, 0.2) is 24.5 Å². The van der Waals surface area contributed by atoms with Crippen molar-refractivity contribution in [1.29, 1.82) is 0 Å². The number of nitrogens with zero attached hydrogens (tertiary/aromatic N) is 4. The van der Waals surface area contributed by atoms with Crippen molar-refractivity contribution in [2.75, 3.05) is 11.9 Å². The number of rotatable bonds is 1. The van der Waals surface area contributed by atoms with Gasteiger partial charge in [0.15, 0.2) is 5.15 Å². The molecule has 0 N–H and O–H groups in total. The summed E-state index contributed by atoms with van der Waals surface area (Å²) in [5.41, 5.74) is 3.25. The van der Waals surface area contributed by atoms with Gasteiger partial charge in [-0.25, -0.2) is 4.98 Å². The SMILES string of the molecule is CN1C(=O)Cc2cc(-c3nncnc3Cl)ccc21. The predicted octanol–water partition coefficient (Wildman–Crippen LogP) is 1.71. The Morgan fingerprint density at radius 1 is 1.39 bits per heavy atom. The van der Waals surface area contributed by atoms with E-state index in [9.17, 15) is 4.79 Å². The van der Waals surface area contributed by atoms with Crippen LogP contribution in [-0.2, 0) is 11.2 Å². The van der Waals surface area contributed by atoms with Crippen LogP contribution in [0.25, 0.3) is 11.3 Å². The maximum absolute atomic E-state index is 11.6. The Hall–Kier alpha value is -2.01. The van der Waals surface area contributed by atoms with E-state index < -0.39 is 0 Å². The van der Waals surface area contributed by atoms with Crippen molar-refractivity contribution in [2.24, 2.45) is 0 Å². The summed E-state index contributed by atoms with van der Waals surface area (Å²) in [6.07, 6.45) is 1.71. The van der Waals surface area contributed by atoms with Crippen molar-refractivity contribution in [3.05, 3.63) is 35.2 Å². The van der Waals surface area contributed by atoms with E-state index in [1.165, 1.54) is 6.33 Å². The largest absolute Gasteiger partial charge is 0.315 e. The quantitative estimate of drug-likeness (QED) is 0.783. The van der Waals surface area contributed by atoms with Crippen molar-refractivity contribution in [1.82, 2.24) is 15.2 Å². The number of amides is 1. The van der Waals surface area contributed by atoms with Crippen LogP contribution in [0.1, 0.15) is 5.56 Å². The topological polar surface area (TPSA) is 59.0 Å². The molecule has 5 nitrogen and oxygen atoms in total. The lowest BCUT2D eigenvalue weighted by Gasteiger charge is -2.10. The van der Waals surface area contributed by atoms with E-state index in [1.807, 2.05) is 18.2 Å². The van der Waals surface area contributed by atoms with Crippen LogP contribution in [0.4, 0.5) is 5.69 Å². The zero-order valence-electron chi connectivity index (χ0n) is 9.59. The summed E-state index contributed by atoms with van der Waals surface area (Å²) < 4.78 is 0. The van der Waals surface area contributed by atoms with Gasteiger partial charge in [0.25, 0.3) is 0 Å². The average molecular weight is 261 g/mol. The molecule has 3 rings (SSSR count). The van der Waals surface area contributed by atoms with Crippen molar-refractivity contribution in [3.8, 4) is 11.3 Å². The van der Waals surface area contributed by atoms with Crippen molar-refractivity contribution in [3.63, 3.8) is 0 Å². The van der Waals surface area contributed by atoms with Crippen LogP contribution in [0, 0.1) is 0 Å². The average Bonchev–Trinajstić information content (AvgIpc) is 2.65. The van der Waals surface area contributed by atoms with Gasteiger partial charge >= 0.3 is 0 Å². The molecule has 0 spiro atoms. The Kier molecular flexibility index (Phi) is 2.48. The molecule has 0 saturated carbocycles. The van der Waals surface area contributed by atoms with E-state index in [4.69, 9.17) is 11.6 Å². The summed E-state index contributed by atoms with van der Waals surface area (Å²) in [5, 5.41) is 8.00. The van der Waals surface area contributed by atoms with Gasteiger partial charge in [-0.2, -0.15) is 0 Å². The van der Waals surface area contributed by atoms with Gasteiger partial charge in [-0.05, 0) is 17.7 Å². The number of halogens is 1. The molecule has 0 bridgehead atoms. The van der Waals surface area contributed by atoms with E-state index in [2.05, 4.69) is 15.2 Å². The zero-order valence-corrected chi connectivity index (χ0v) is 10.3. The highest BCUT2D eigenvalue weighted by Crippen LogP contribution is 2.32. The molecule has 2 heterocycles. The number of anilines is 1. The highest BCUT2D eigenvalue weighted by Gasteiger charge is 2.24. The minimum absolute atomic E-state index is 0.0884. The molecular formula is C12H9ClN4O. The molecular weight excluding hydrogens is 252 g/mol. The van der Waals surface area contributed by atoms with Gasteiger partial charge in [0.05, 0.1) is 6.42 Å². The summed E-state index contributed by atoms with van der Waals surface area (Å²) in [4.78, 5) is 17.1. The van der Waals surface area contributed by atoms with Crippen LogP contribution in [-0.4, -0.2) is 28.1 Å². The Morgan fingerprint density at radius 3 is 3.00 bits per heavy atom. The predicted molar refractivity (Wildman–Crippen MR) is 67.4 cm³/mol. The molecule has 18 heavy (non-hydrogen) atoms. The van der Waals surface area contributed by atoms with Gasteiger partial charge in [-0.15, -0.1) is 10.2 Å². The smallest absolute Gasteiger partial charge is 0.231 e. The summed E-state index contributed by atoms with van der Waals surface area (Å²) in [6.45, 7) is 0. The Morgan fingerprint density at radius 2 is 2.22 bits per heavy atom. The Balaban J connectivity index is 2.10. The fourth-order valence-corrected chi connectivity index (χ4v) is 2.25. The first-order valence-electron chi connectivity index (χ1n) is 5.40. The van der Waals surface area contributed by atoms with Crippen LogP contribution in [0.2, 0.25) is 5.15 Å². The highest BCUT2D eigenvalue weighted by molar-refractivity contribution is 6.31. The minimum atomic E-state index is 0.0884. The van der Waals surface area contributed by atoms with Gasteiger partial charge in [0.2, 0.25) is 5.91 Å². The molecule has 90 valence electrons. The number of fused-ring (bicyclic) bond motifs is 1. The third-order valence-corrected chi connectivity index (χ3v) is 3.28. The maximum Gasteiger partial charge on any atom is 0.231 e. The standard InChI is InChI=1S/C12H9ClN4O/c1-17-9-3-2-7(4-8(9)5-10(17)18)11-12(13)14-6-15-16-11/h2-4,6H,5H2,1H3. The van der Waals surface area contributed by atoms with E-state index in [1.54, 1.807) is 11.9 Å². The van der Waals surface area contributed by atoms with Crippen LogP contribution < -0.4 is 4.90 Å². The third-order valence-electron chi connectivity index (χ3n) is 3.01. The lowest BCUT2D eigenvalue weighted by molar-refractivity contribution is -0.117. The van der Waals surface area contributed by atoms with Gasteiger partial charge in [0.1, 0.15) is 12.0 Å². The lowest BCUT2D eigenvalue weighted by atomic mass is 10.1. The van der Waals surface area contributed by atoms with Gasteiger partial charge in [-0.3, -0.25) is 4.79 Å². The molecule has 1 aliphatic rings. The molecule has 0 unspecified atom stereocenters. The normalized spacial score (nSPS) is 13.9. The molecule has 0 radical (unpaired) electrons. The maximum atomic E-state index is 11.6. The zero-order chi connectivity index (χ0) is 12.7. The fourth-order valence-electron chi connectivity index (χ4n) is 2.06. The summed E-state index contributed by atoms with van der Waals surface area (Å²) >= 11 is 5.98. The number of aromatic nitrogens is 3. The summed E-state index contributed by atoms with van der Waals surface area (Å²) in [5.74, 6) is 0.0884. The second-order valence-corrected chi connectivity index (χ2v) is 4.43. The van der Waals surface area contributed by atoms with E-state index in [0.717, 1.165) is 16.8 Å². The summed E-state index contributed by atoms with van der Waals surface area (Å²) in [6, 6.07) is 5.67. The van der Waals surface area contributed by atoms with Crippen molar-refractivity contribution >= 4 is 23.2 Å². The Bertz CT molecular complexity index is 644. The number of carbonyl (C=O) groups excluding carboxylic acids is 1. The number of hydrogen-bond donors (Lipinski definition) is 0. The first-order chi connectivity index (χ1) is 8.66. The van der Waals surface area contributed by atoms with Crippen molar-refractivity contribution < 1.29 is 4.79 Å². The number of hydrogen-bond acceptors (Lipinski definition) is 4. The van der Waals surface area contributed by atoms with Gasteiger partial charge < -0.3 is 4.90 Å². The molecule has 1 aromatic heterocycles. The van der Waals surface area contributed by atoms with Crippen LogP contribution in [0.3, 0.4) is 0 Å².